The van der Waals surface area contributed by atoms with Gasteiger partial charge in [0.25, 0.3) is 0 Å². The predicted molar refractivity (Wildman–Crippen MR) is 54.2 cm³/mol. The molecule has 66 valence electrons. The second-order valence-electron chi connectivity index (χ2n) is 3.72. The molecule has 0 aromatic heterocycles. The van der Waals surface area contributed by atoms with Gasteiger partial charge in [0.1, 0.15) is 0 Å². The molecule has 0 unspecified atom stereocenters. The number of rotatable bonds is 3. The Labute approximate surface area is 75.1 Å². The predicted octanol–water partition coefficient (Wildman–Crippen LogP) is 3.71. The third-order valence-electron chi connectivity index (χ3n) is 3.08. The van der Waals surface area contributed by atoms with Crippen molar-refractivity contribution in [2.75, 3.05) is 11.5 Å². The zero-order valence-corrected chi connectivity index (χ0v) is 8.67. The maximum absolute atomic E-state index is 2.37. The highest BCUT2D eigenvalue weighted by Gasteiger charge is 2.28. The summed E-state index contributed by atoms with van der Waals surface area (Å²) < 4.78 is 0. The van der Waals surface area contributed by atoms with Crippen LogP contribution in [0.2, 0.25) is 0 Å². The van der Waals surface area contributed by atoms with Crippen LogP contribution in [0.3, 0.4) is 0 Å². The van der Waals surface area contributed by atoms with E-state index in [0.717, 1.165) is 5.41 Å². The van der Waals surface area contributed by atoms with Gasteiger partial charge < -0.3 is 0 Å². The molecule has 0 bridgehead atoms. The summed E-state index contributed by atoms with van der Waals surface area (Å²) in [4.78, 5) is 0. The van der Waals surface area contributed by atoms with Crippen LogP contribution in [0, 0.1) is 5.41 Å². The Hall–Kier alpha value is 0.350. The highest BCUT2D eigenvalue weighted by molar-refractivity contribution is 7.99. The lowest BCUT2D eigenvalue weighted by Gasteiger charge is -2.36. The molecule has 0 saturated carbocycles. The lowest BCUT2D eigenvalue weighted by atomic mass is 9.76. The van der Waals surface area contributed by atoms with Gasteiger partial charge in [0.2, 0.25) is 0 Å². The average molecular weight is 172 g/mol. The van der Waals surface area contributed by atoms with Gasteiger partial charge in [0.05, 0.1) is 0 Å². The summed E-state index contributed by atoms with van der Waals surface area (Å²) in [6, 6.07) is 0. The number of hydrogen-bond donors (Lipinski definition) is 0. The molecule has 1 saturated heterocycles. The minimum atomic E-state index is 0.750. The van der Waals surface area contributed by atoms with Crippen LogP contribution < -0.4 is 0 Å². The molecule has 0 aliphatic carbocycles. The van der Waals surface area contributed by atoms with Gasteiger partial charge in [-0.2, -0.15) is 11.8 Å². The molecule has 1 aliphatic heterocycles. The van der Waals surface area contributed by atoms with Crippen LogP contribution in [0.5, 0.6) is 0 Å². The third-order valence-corrected chi connectivity index (χ3v) is 4.07. The van der Waals surface area contributed by atoms with E-state index in [0.29, 0.717) is 0 Å². The Kier molecular flexibility index (Phi) is 3.77. The Balaban J connectivity index is 2.42. The van der Waals surface area contributed by atoms with Crippen LogP contribution in [0.15, 0.2) is 0 Å². The summed E-state index contributed by atoms with van der Waals surface area (Å²) in [6.07, 6.45) is 7.19. The molecule has 0 atom stereocenters. The largest absolute Gasteiger partial charge is 0.162 e. The van der Waals surface area contributed by atoms with E-state index in [1.165, 1.54) is 43.6 Å². The molecule has 0 N–H and O–H groups in total. The van der Waals surface area contributed by atoms with Gasteiger partial charge in [0.15, 0.2) is 0 Å². The Bertz CT molecular complexity index is 97.9. The molecular weight excluding hydrogens is 152 g/mol. The second-order valence-corrected chi connectivity index (χ2v) is 4.94. The van der Waals surface area contributed by atoms with Gasteiger partial charge in [-0.05, 0) is 36.2 Å². The lowest BCUT2D eigenvalue weighted by molar-refractivity contribution is 0.225. The summed E-state index contributed by atoms with van der Waals surface area (Å²) in [5.74, 6) is 2.82. The topological polar surface area (TPSA) is 0 Å². The Morgan fingerprint density at radius 3 is 2.27 bits per heavy atom. The summed E-state index contributed by atoms with van der Waals surface area (Å²) >= 11 is 2.14. The lowest BCUT2D eigenvalue weighted by Crippen LogP contribution is -2.25. The first-order chi connectivity index (χ1) is 5.33. The van der Waals surface area contributed by atoms with Crippen LogP contribution >= 0.6 is 11.8 Å². The molecule has 0 nitrogen and oxygen atoms in total. The van der Waals surface area contributed by atoms with E-state index >= 15 is 0 Å². The highest BCUT2D eigenvalue weighted by Crippen LogP contribution is 2.41. The molecule has 0 aromatic carbocycles. The van der Waals surface area contributed by atoms with Crippen molar-refractivity contribution in [3.05, 3.63) is 0 Å². The number of thioether (sulfide) groups is 1. The quantitative estimate of drug-likeness (QED) is 0.625. The van der Waals surface area contributed by atoms with Crippen molar-refractivity contribution < 1.29 is 0 Å². The van der Waals surface area contributed by atoms with Crippen molar-refractivity contribution in [2.45, 2.75) is 46.0 Å². The normalized spacial score (nSPS) is 23.5. The van der Waals surface area contributed by atoms with Crippen molar-refractivity contribution in [3.8, 4) is 0 Å². The van der Waals surface area contributed by atoms with Crippen LogP contribution in [0.25, 0.3) is 0 Å². The van der Waals surface area contributed by atoms with Gasteiger partial charge in [-0.15, -0.1) is 0 Å². The third kappa shape index (κ3) is 2.40. The fraction of sp³-hybridized carbons (Fsp3) is 1.00. The first-order valence-corrected chi connectivity index (χ1v) is 6.06. The molecule has 0 radical (unpaired) electrons. The molecule has 0 amide bonds. The van der Waals surface area contributed by atoms with E-state index in [4.69, 9.17) is 0 Å². The Morgan fingerprint density at radius 1 is 1.18 bits per heavy atom. The van der Waals surface area contributed by atoms with Gasteiger partial charge in [0, 0.05) is 0 Å². The zero-order chi connectivity index (χ0) is 8.16. The van der Waals surface area contributed by atoms with Crippen LogP contribution in [0.1, 0.15) is 46.0 Å². The fourth-order valence-electron chi connectivity index (χ4n) is 2.12. The maximum atomic E-state index is 2.37. The summed E-state index contributed by atoms with van der Waals surface area (Å²) in [5.41, 5.74) is 0.750. The molecular formula is C10H20S. The average Bonchev–Trinajstić information content (AvgIpc) is 2.07. The van der Waals surface area contributed by atoms with E-state index in [1.54, 1.807) is 0 Å². The van der Waals surface area contributed by atoms with Gasteiger partial charge in [-0.25, -0.2) is 0 Å². The summed E-state index contributed by atoms with van der Waals surface area (Å²) in [6.45, 7) is 4.69. The Morgan fingerprint density at radius 2 is 1.82 bits per heavy atom. The first-order valence-electron chi connectivity index (χ1n) is 4.91. The molecule has 1 rings (SSSR count). The van der Waals surface area contributed by atoms with E-state index < -0.39 is 0 Å². The maximum Gasteiger partial charge on any atom is -0.00622 e. The van der Waals surface area contributed by atoms with E-state index in [1.807, 2.05) is 0 Å². The highest BCUT2D eigenvalue weighted by atomic mass is 32.2. The van der Waals surface area contributed by atoms with Crippen LogP contribution in [-0.4, -0.2) is 11.5 Å². The molecule has 1 aliphatic rings. The van der Waals surface area contributed by atoms with Crippen molar-refractivity contribution >= 4 is 11.8 Å². The van der Waals surface area contributed by atoms with Crippen molar-refractivity contribution in [1.29, 1.82) is 0 Å². The first kappa shape index (κ1) is 9.44. The summed E-state index contributed by atoms with van der Waals surface area (Å²) in [5, 5.41) is 0. The number of hydrogen-bond acceptors (Lipinski definition) is 1. The molecule has 1 heterocycles. The fourth-order valence-corrected chi connectivity index (χ4v) is 3.47. The second kappa shape index (κ2) is 4.39. The molecule has 1 heteroatoms. The van der Waals surface area contributed by atoms with E-state index in [-0.39, 0.29) is 0 Å². The zero-order valence-electron chi connectivity index (χ0n) is 7.86. The van der Waals surface area contributed by atoms with Gasteiger partial charge >= 0.3 is 0 Å². The molecule has 11 heavy (non-hydrogen) atoms. The molecule has 0 spiro atoms. The molecule has 1 fully saturated rings. The van der Waals surface area contributed by atoms with Crippen molar-refractivity contribution in [1.82, 2.24) is 0 Å². The minimum Gasteiger partial charge on any atom is -0.162 e. The van der Waals surface area contributed by atoms with Gasteiger partial charge in [-0.3, -0.25) is 0 Å². The SMILES string of the molecule is CCCC1(CC)CCSCC1. The molecule has 0 aromatic rings. The monoisotopic (exact) mass is 172 g/mol. The van der Waals surface area contributed by atoms with Crippen molar-refractivity contribution in [2.24, 2.45) is 5.41 Å². The smallest absolute Gasteiger partial charge is 0.00622 e. The minimum absolute atomic E-state index is 0.750. The van der Waals surface area contributed by atoms with Crippen molar-refractivity contribution in [3.63, 3.8) is 0 Å². The van der Waals surface area contributed by atoms with Crippen LogP contribution in [0.4, 0.5) is 0 Å². The van der Waals surface area contributed by atoms with E-state index in [9.17, 15) is 0 Å². The summed E-state index contributed by atoms with van der Waals surface area (Å²) in [7, 11) is 0. The van der Waals surface area contributed by atoms with Gasteiger partial charge in [-0.1, -0.05) is 26.7 Å². The van der Waals surface area contributed by atoms with E-state index in [2.05, 4.69) is 25.6 Å². The standard InChI is InChI=1S/C10H20S/c1-3-5-10(4-2)6-8-11-9-7-10/h3-9H2,1-2H3. The van der Waals surface area contributed by atoms with Crippen LogP contribution in [-0.2, 0) is 0 Å².